The molecule has 0 aliphatic rings. The van der Waals surface area contributed by atoms with Crippen LogP contribution in [0, 0.1) is 6.92 Å². The van der Waals surface area contributed by atoms with Crippen LogP contribution in [0.2, 0.25) is 10.0 Å². The van der Waals surface area contributed by atoms with E-state index in [4.69, 9.17) is 23.2 Å². The molecule has 0 aliphatic carbocycles. The summed E-state index contributed by atoms with van der Waals surface area (Å²) in [5.41, 5.74) is 1.71. The molecule has 0 spiro atoms. The number of aryl methyl sites for hydroxylation is 1. The monoisotopic (exact) mass is 343 g/mol. The minimum atomic E-state index is -3.59. The summed E-state index contributed by atoms with van der Waals surface area (Å²) >= 11 is 11.9. The average molecular weight is 344 g/mol. The zero-order chi connectivity index (χ0) is 15.6. The number of halogens is 2. The number of nitrogens with one attached hydrogen (secondary N) is 1. The zero-order valence-corrected chi connectivity index (χ0v) is 13.9. The highest BCUT2D eigenvalue weighted by atomic mass is 35.5. The molecule has 21 heavy (non-hydrogen) atoms. The Kier molecular flexibility index (Phi) is 4.94. The minimum Gasteiger partial charge on any atom is -0.207 e. The van der Waals surface area contributed by atoms with Crippen LogP contribution in [0.25, 0.3) is 0 Å². The Morgan fingerprint density at radius 3 is 2.05 bits per heavy atom. The van der Waals surface area contributed by atoms with Crippen LogP contribution in [-0.2, 0) is 10.0 Å². The van der Waals surface area contributed by atoms with Crippen molar-refractivity contribution in [3.63, 3.8) is 0 Å². The van der Waals surface area contributed by atoms with E-state index in [1.807, 2.05) is 6.92 Å². The number of benzene rings is 2. The van der Waals surface area contributed by atoms with Crippen LogP contribution in [0.4, 0.5) is 0 Å². The van der Waals surface area contributed by atoms with Crippen LogP contribution in [0.1, 0.15) is 24.1 Å². The van der Waals surface area contributed by atoms with Crippen molar-refractivity contribution in [2.75, 3.05) is 0 Å². The van der Waals surface area contributed by atoms with Gasteiger partial charge in [-0.3, -0.25) is 0 Å². The summed E-state index contributed by atoms with van der Waals surface area (Å²) in [7, 11) is -3.59. The van der Waals surface area contributed by atoms with Crippen LogP contribution in [0.15, 0.2) is 47.4 Å². The molecule has 6 heteroatoms. The Labute approximate surface area is 135 Å². The lowest BCUT2D eigenvalue weighted by Crippen LogP contribution is -2.26. The molecule has 0 amide bonds. The van der Waals surface area contributed by atoms with Crippen molar-refractivity contribution in [1.82, 2.24) is 4.72 Å². The molecule has 3 nitrogen and oxygen atoms in total. The molecule has 0 unspecified atom stereocenters. The standard InChI is InChI=1S/C15H15Cl2NO2S/c1-10-3-5-15(6-4-10)21(19,20)18-11(2)12-7-13(16)9-14(17)8-12/h3-9,11,18H,1-2H3/t11-/m1/s1. The van der Waals surface area contributed by atoms with Crippen molar-refractivity contribution < 1.29 is 8.42 Å². The van der Waals surface area contributed by atoms with Crippen molar-refractivity contribution in [3.8, 4) is 0 Å². The lowest BCUT2D eigenvalue weighted by atomic mass is 10.1. The summed E-state index contributed by atoms with van der Waals surface area (Å²) < 4.78 is 27.3. The molecule has 0 saturated carbocycles. The Bertz CT molecular complexity index is 723. The van der Waals surface area contributed by atoms with Gasteiger partial charge in [0.2, 0.25) is 10.0 Å². The zero-order valence-electron chi connectivity index (χ0n) is 11.6. The lowest BCUT2D eigenvalue weighted by molar-refractivity contribution is 0.567. The first-order chi connectivity index (χ1) is 9.78. The summed E-state index contributed by atoms with van der Waals surface area (Å²) in [5, 5.41) is 0.942. The summed E-state index contributed by atoms with van der Waals surface area (Å²) in [6.07, 6.45) is 0. The molecule has 2 aromatic carbocycles. The third-order valence-corrected chi connectivity index (χ3v) is 5.04. The van der Waals surface area contributed by atoms with E-state index < -0.39 is 16.1 Å². The maximum absolute atomic E-state index is 12.3. The van der Waals surface area contributed by atoms with Crippen molar-refractivity contribution in [2.24, 2.45) is 0 Å². The van der Waals surface area contributed by atoms with Gasteiger partial charge in [-0.1, -0.05) is 40.9 Å². The maximum Gasteiger partial charge on any atom is 0.241 e. The van der Waals surface area contributed by atoms with Crippen LogP contribution < -0.4 is 4.72 Å². The van der Waals surface area contributed by atoms with Gasteiger partial charge in [-0.25, -0.2) is 13.1 Å². The van der Waals surface area contributed by atoms with E-state index in [1.165, 1.54) is 0 Å². The molecule has 1 N–H and O–H groups in total. The molecule has 0 heterocycles. The van der Waals surface area contributed by atoms with E-state index in [9.17, 15) is 8.42 Å². The van der Waals surface area contributed by atoms with Gasteiger partial charge in [0, 0.05) is 16.1 Å². The van der Waals surface area contributed by atoms with Crippen LogP contribution in [0.5, 0.6) is 0 Å². The predicted molar refractivity (Wildman–Crippen MR) is 86.4 cm³/mol. The Morgan fingerprint density at radius 1 is 1.00 bits per heavy atom. The molecular formula is C15H15Cl2NO2S. The van der Waals surface area contributed by atoms with Crippen LogP contribution in [-0.4, -0.2) is 8.42 Å². The number of rotatable bonds is 4. The highest BCUT2D eigenvalue weighted by Gasteiger charge is 2.18. The molecule has 0 aliphatic heterocycles. The molecule has 1 atom stereocenters. The first-order valence-electron chi connectivity index (χ1n) is 6.33. The average Bonchev–Trinajstić information content (AvgIpc) is 2.37. The minimum absolute atomic E-state index is 0.230. The van der Waals surface area contributed by atoms with E-state index in [1.54, 1.807) is 49.4 Å². The SMILES string of the molecule is Cc1ccc(S(=O)(=O)N[C@H](C)c2cc(Cl)cc(Cl)c2)cc1. The summed E-state index contributed by atoms with van der Waals surface area (Å²) in [4.78, 5) is 0.230. The van der Waals surface area contributed by atoms with Gasteiger partial charge < -0.3 is 0 Å². The van der Waals surface area contributed by atoms with Gasteiger partial charge in [0.05, 0.1) is 4.90 Å². The van der Waals surface area contributed by atoms with E-state index in [2.05, 4.69) is 4.72 Å². The Morgan fingerprint density at radius 2 is 1.52 bits per heavy atom. The maximum atomic E-state index is 12.3. The fourth-order valence-electron chi connectivity index (χ4n) is 1.91. The molecule has 2 rings (SSSR count). The van der Waals surface area contributed by atoms with E-state index >= 15 is 0 Å². The first-order valence-corrected chi connectivity index (χ1v) is 8.57. The molecular weight excluding hydrogens is 329 g/mol. The number of hydrogen-bond acceptors (Lipinski definition) is 2. The quantitative estimate of drug-likeness (QED) is 0.897. The topological polar surface area (TPSA) is 46.2 Å². The molecule has 0 fully saturated rings. The Hall–Kier alpha value is -1.07. The molecule has 112 valence electrons. The fourth-order valence-corrected chi connectivity index (χ4v) is 3.69. The summed E-state index contributed by atoms with van der Waals surface area (Å²) in [6, 6.07) is 11.2. The molecule has 0 radical (unpaired) electrons. The Balaban J connectivity index is 2.25. The smallest absolute Gasteiger partial charge is 0.207 e. The van der Waals surface area contributed by atoms with Gasteiger partial charge in [0.1, 0.15) is 0 Å². The second-order valence-corrected chi connectivity index (χ2v) is 7.45. The third-order valence-electron chi connectivity index (χ3n) is 3.05. The second kappa shape index (κ2) is 6.36. The molecule has 2 aromatic rings. The fraction of sp³-hybridized carbons (Fsp3) is 0.200. The molecule has 0 aromatic heterocycles. The first kappa shape index (κ1) is 16.3. The van der Waals surface area contributed by atoms with Crippen molar-refractivity contribution in [2.45, 2.75) is 24.8 Å². The van der Waals surface area contributed by atoms with Gasteiger partial charge in [-0.15, -0.1) is 0 Å². The largest absolute Gasteiger partial charge is 0.241 e. The number of hydrogen-bond donors (Lipinski definition) is 1. The third kappa shape index (κ3) is 4.20. The number of sulfonamides is 1. The van der Waals surface area contributed by atoms with E-state index in [0.717, 1.165) is 5.56 Å². The molecule has 0 bridgehead atoms. The second-order valence-electron chi connectivity index (χ2n) is 4.86. The van der Waals surface area contributed by atoms with E-state index in [-0.39, 0.29) is 4.90 Å². The van der Waals surface area contributed by atoms with Gasteiger partial charge in [0.25, 0.3) is 0 Å². The van der Waals surface area contributed by atoms with Crippen molar-refractivity contribution >= 4 is 33.2 Å². The summed E-state index contributed by atoms with van der Waals surface area (Å²) in [6.45, 7) is 3.65. The summed E-state index contributed by atoms with van der Waals surface area (Å²) in [5.74, 6) is 0. The highest BCUT2D eigenvalue weighted by molar-refractivity contribution is 7.89. The predicted octanol–water partition coefficient (Wildman–Crippen LogP) is 4.34. The van der Waals surface area contributed by atoms with Gasteiger partial charge in [-0.05, 0) is 49.7 Å². The van der Waals surface area contributed by atoms with Gasteiger partial charge >= 0.3 is 0 Å². The highest BCUT2D eigenvalue weighted by Crippen LogP contribution is 2.24. The van der Waals surface area contributed by atoms with Crippen LogP contribution >= 0.6 is 23.2 Å². The normalized spacial score (nSPS) is 13.1. The van der Waals surface area contributed by atoms with Crippen molar-refractivity contribution in [1.29, 1.82) is 0 Å². The van der Waals surface area contributed by atoms with Gasteiger partial charge in [0.15, 0.2) is 0 Å². The van der Waals surface area contributed by atoms with Gasteiger partial charge in [-0.2, -0.15) is 0 Å². The van der Waals surface area contributed by atoms with E-state index in [0.29, 0.717) is 15.6 Å². The molecule has 0 saturated heterocycles. The van der Waals surface area contributed by atoms with Crippen LogP contribution in [0.3, 0.4) is 0 Å². The van der Waals surface area contributed by atoms with Crippen molar-refractivity contribution in [3.05, 3.63) is 63.6 Å². The lowest BCUT2D eigenvalue weighted by Gasteiger charge is -2.15.